The number of piperazine rings is 1. The minimum atomic E-state index is -0.993. The van der Waals surface area contributed by atoms with Gasteiger partial charge >= 0.3 is 6.01 Å². The number of aromatic nitrogens is 8. The molecule has 1 aliphatic carbocycles. The van der Waals surface area contributed by atoms with Crippen LogP contribution in [-0.4, -0.2) is 144 Å². The number of β-amino-alcohol motifs (C(OH)–C–C–N with tert-alkyl or cyclic N) is 1. The molecule has 4 fully saturated rings. The summed E-state index contributed by atoms with van der Waals surface area (Å²) in [4.78, 5) is 48.0. The third kappa shape index (κ3) is 9.55. The highest BCUT2D eigenvalue weighted by Crippen LogP contribution is 2.56. The number of carbonyl (C=O) groups is 2. The van der Waals surface area contributed by atoms with Gasteiger partial charge in [0.05, 0.1) is 82.4 Å². The van der Waals surface area contributed by atoms with Crippen LogP contribution in [0.15, 0.2) is 72.5 Å². The van der Waals surface area contributed by atoms with E-state index in [0.717, 1.165) is 47.5 Å². The zero-order valence-electron chi connectivity index (χ0n) is 45.9. The number of thiazole rings is 1. The van der Waals surface area contributed by atoms with E-state index in [0.29, 0.717) is 92.5 Å². The van der Waals surface area contributed by atoms with Crippen LogP contribution >= 0.6 is 22.9 Å². The lowest BCUT2D eigenvalue weighted by Crippen LogP contribution is -2.53. The van der Waals surface area contributed by atoms with Crippen LogP contribution in [0, 0.1) is 31.0 Å². The Hall–Kier alpha value is -7.34. The summed E-state index contributed by atoms with van der Waals surface area (Å²) in [6, 6.07) is 14.4. The van der Waals surface area contributed by atoms with E-state index in [9.17, 15) is 19.8 Å². The van der Waals surface area contributed by atoms with E-state index < -0.39 is 41.9 Å². The molecule has 0 radical (unpaired) electrons. The number of fused-ring (bicyclic) bond motifs is 7. The molecular formula is C59H62ClFN12O8S. The van der Waals surface area contributed by atoms with E-state index >= 15 is 4.39 Å². The number of H-pyrrole nitrogens is 1. The smallest absolute Gasteiger partial charge is 0.319 e. The fourth-order valence-electron chi connectivity index (χ4n) is 12.5. The van der Waals surface area contributed by atoms with Crippen LogP contribution in [0.2, 0.25) is 5.02 Å². The molecule has 4 aromatic carbocycles. The molecule has 0 unspecified atom stereocenters. The van der Waals surface area contributed by atoms with Crippen LogP contribution in [0.5, 0.6) is 17.5 Å². The van der Waals surface area contributed by atoms with Crippen molar-refractivity contribution in [2.24, 2.45) is 11.3 Å². The van der Waals surface area contributed by atoms with Gasteiger partial charge in [-0.2, -0.15) is 15.1 Å². The molecule has 3 saturated heterocycles. The Bertz CT molecular complexity index is 3760. The molecule has 1 saturated carbocycles. The topological polar surface area (TPSA) is 240 Å². The van der Waals surface area contributed by atoms with Gasteiger partial charge in [-0.1, -0.05) is 79.2 Å². The lowest BCUT2D eigenvalue weighted by Gasteiger charge is -2.35. The van der Waals surface area contributed by atoms with Crippen molar-refractivity contribution in [3.63, 3.8) is 0 Å². The lowest BCUT2D eigenvalue weighted by molar-refractivity contribution is -0.142. The second-order valence-corrected chi connectivity index (χ2v) is 24.0. The van der Waals surface area contributed by atoms with Gasteiger partial charge in [-0.3, -0.25) is 14.7 Å². The number of rotatable bonds is 18. The zero-order chi connectivity index (χ0) is 56.7. The van der Waals surface area contributed by atoms with Crippen molar-refractivity contribution in [1.29, 1.82) is 0 Å². The van der Waals surface area contributed by atoms with Gasteiger partial charge in [0.25, 0.3) is 0 Å². The van der Waals surface area contributed by atoms with Gasteiger partial charge in [0.15, 0.2) is 11.5 Å². The second kappa shape index (κ2) is 21.4. The van der Waals surface area contributed by atoms with Crippen LogP contribution in [0.4, 0.5) is 10.2 Å². The number of ether oxygens (including phenoxy) is 4. The average Bonchev–Trinajstić information content (AvgIpc) is 2.42. The van der Waals surface area contributed by atoms with Crippen molar-refractivity contribution < 1.29 is 43.1 Å². The van der Waals surface area contributed by atoms with Crippen LogP contribution in [0.25, 0.3) is 54.6 Å². The summed E-state index contributed by atoms with van der Waals surface area (Å²) in [5, 5.41) is 45.5. The number of aliphatic hydroxyl groups excluding tert-OH is 2. The van der Waals surface area contributed by atoms with Gasteiger partial charge in [-0.25, -0.2) is 14.1 Å². The summed E-state index contributed by atoms with van der Waals surface area (Å²) >= 11 is 9.17. The van der Waals surface area contributed by atoms with E-state index in [1.54, 1.807) is 31.9 Å². The van der Waals surface area contributed by atoms with Crippen LogP contribution < -0.4 is 29.7 Å². The molecule has 8 aromatic rings. The molecule has 2 amide bonds. The molecule has 20 nitrogen and oxygen atoms in total. The maximum Gasteiger partial charge on any atom is 0.319 e. The first-order valence-corrected chi connectivity index (χ1v) is 29.0. The SMILES string of the molecule is COCC1(COc2nc3c4c(c(Cl)c(-c5c(C)c(F)cc6[nH]ncc56)c(OCc5ccc(-c6cn([C@H](C(=O)N7C[C@H](O)C[C@H]7C(=O)N[C@@H](CO)c7ccc(-c8scnc8C)cc7)C(C)C)nn6)cc5)c4n2)OC[C@@H]2[C@@H]4C[C@@H](CN4)N32)CC1. The first kappa shape index (κ1) is 53.9. The van der Waals surface area contributed by atoms with Crippen LogP contribution in [0.3, 0.4) is 0 Å². The van der Waals surface area contributed by atoms with Gasteiger partial charge in [0.2, 0.25) is 11.8 Å². The Morgan fingerprint density at radius 2 is 1.83 bits per heavy atom. The normalized spacial score (nSPS) is 21.2. The molecule has 5 N–H and O–H groups in total. The predicted molar refractivity (Wildman–Crippen MR) is 305 cm³/mol. The van der Waals surface area contributed by atoms with Gasteiger partial charge < -0.3 is 49.6 Å². The number of halogens is 2. The molecule has 0 spiro atoms. The van der Waals surface area contributed by atoms with Crippen molar-refractivity contribution in [3.8, 4) is 50.3 Å². The molecule has 5 aliphatic rings. The van der Waals surface area contributed by atoms with Crippen molar-refractivity contribution in [3.05, 3.63) is 106 Å². The Kier molecular flexibility index (Phi) is 14.1. The molecule has 4 aromatic heterocycles. The maximum atomic E-state index is 16.1. The number of nitrogens with zero attached hydrogens (tertiary/aromatic N) is 9. The number of methoxy groups -OCH3 is 1. The number of nitrogens with one attached hydrogen (secondary N) is 3. The number of benzene rings is 4. The molecule has 13 rings (SSSR count). The third-order valence-corrected chi connectivity index (χ3v) is 18.4. The molecule has 82 heavy (non-hydrogen) atoms. The fourth-order valence-corrected chi connectivity index (χ4v) is 13.7. The molecule has 23 heteroatoms. The summed E-state index contributed by atoms with van der Waals surface area (Å²) in [6.07, 6.45) is 5.28. The minimum absolute atomic E-state index is 0.0286. The standard InChI is InChI=1S/C59H62ClFN12O8S/c1-29(2)51(57(77)71-21-37(75)17-44(71)56(76)65-43(23-74)34-10-12-35(13-11-34)54-31(4)63-28-82-54)72-22-42(69-70-72)33-8-6-32(7-9-33)24-79-53-47(46-30(3)39(61)18-40-38(46)20-64-68-40)49(60)52-48-50(53)66-58(81-27-59(14-15-59)26-78-5)67-55(48)73-36-16-41(62-19-36)45(73)25-80-52/h6-13,18,20,22,28-29,36-37,41,43-45,51,62,74-75H,14-17,19,21,23-27H2,1-5H3,(H,64,68)(H,65,76)/t36-,37+,41-,43-,44-,45+,51-/m0/s1. The van der Waals surface area contributed by atoms with Gasteiger partial charge in [0.1, 0.15) is 48.1 Å². The number of aliphatic hydroxyl groups is 2. The average molecular weight is 1150 g/mol. The summed E-state index contributed by atoms with van der Waals surface area (Å²) < 4.78 is 43.5. The summed E-state index contributed by atoms with van der Waals surface area (Å²) in [5.41, 5.74) is 8.29. The van der Waals surface area contributed by atoms with Crippen LogP contribution in [-0.2, 0) is 20.9 Å². The highest BCUT2D eigenvalue weighted by Gasteiger charge is 2.50. The number of anilines is 1. The number of hydrogen-bond donors (Lipinski definition) is 5. The van der Waals surface area contributed by atoms with E-state index in [2.05, 4.69) is 41.0 Å². The Morgan fingerprint density at radius 3 is 2.56 bits per heavy atom. The summed E-state index contributed by atoms with van der Waals surface area (Å²) in [5.74, 6) is -0.324. The first-order chi connectivity index (χ1) is 39.7. The highest BCUT2D eigenvalue weighted by molar-refractivity contribution is 7.13. The number of aromatic amines is 1. The van der Waals surface area contributed by atoms with Gasteiger partial charge in [0, 0.05) is 66.2 Å². The van der Waals surface area contributed by atoms with E-state index in [4.69, 9.17) is 40.5 Å². The summed E-state index contributed by atoms with van der Waals surface area (Å²) in [6.45, 7) is 9.03. The van der Waals surface area contributed by atoms with E-state index in [-0.39, 0.29) is 66.7 Å². The highest BCUT2D eigenvalue weighted by atomic mass is 35.5. The van der Waals surface area contributed by atoms with E-state index in [1.807, 2.05) is 69.3 Å². The Balaban J connectivity index is 0.787. The van der Waals surface area contributed by atoms with Gasteiger partial charge in [-0.15, -0.1) is 16.4 Å². The van der Waals surface area contributed by atoms with E-state index in [1.165, 1.54) is 27.0 Å². The molecule has 8 heterocycles. The van der Waals surface area contributed by atoms with Crippen molar-refractivity contribution >= 4 is 62.4 Å². The first-order valence-electron chi connectivity index (χ1n) is 27.7. The minimum Gasteiger partial charge on any atom is -0.489 e. The Morgan fingerprint density at radius 1 is 1.04 bits per heavy atom. The predicted octanol–water partition coefficient (Wildman–Crippen LogP) is 7.67. The third-order valence-electron chi connectivity index (χ3n) is 17.1. The number of aryl methyl sites for hydroxylation is 1. The quantitative estimate of drug-likeness (QED) is 0.0554. The zero-order valence-corrected chi connectivity index (χ0v) is 47.4. The monoisotopic (exact) mass is 1150 g/mol. The number of hydrogen-bond acceptors (Lipinski definition) is 17. The Labute approximate surface area is 480 Å². The maximum absolute atomic E-state index is 16.1. The number of likely N-dealkylation sites (tertiary alicyclic amines) is 1. The molecular weight excluding hydrogens is 1090 g/mol. The number of amides is 2. The molecule has 7 atom stereocenters. The lowest BCUT2D eigenvalue weighted by atomic mass is 9.93. The fraction of sp³-hybridized carbons (Fsp3) is 0.424. The summed E-state index contributed by atoms with van der Waals surface area (Å²) in [7, 11) is 1.69. The molecule has 4 aliphatic heterocycles. The number of carbonyl (C=O) groups excluding carboxylic acids is 2. The van der Waals surface area contributed by atoms with Crippen molar-refractivity contribution in [1.82, 2.24) is 55.7 Å². The molecule has 426 valence electrons. The van der Waals surface area contributed by atoms with Crippen molar-refractivity contribution in [2.75, 3.05) is 51.5 Å². The molecule has 2 bridgehead atoms. The van der Waals surface area contributed by atoms with Crippen LogP contribution in [0.1, 0.15) is 74.0 Å². The van der Waals surface area contributed by atoms with Gasteiger partial charge in [-0.05, 0) is 67.3 Å². The van der Waals surface area contributed by atoms with Crippen molar-refractivity contribution in [2.45, 2.75) is 102 Å². The largest absolute Gasteiger partial charge is 0.489 e. The second-order valence-electron chi connectivity index (χ2n) is 22.8.